The third-order valence-corrected chi connectivity index (χ3v) is 6.43. The predicted octanol–water partition coefficient (Wildman–Crippen LogP) is 4.97. The lowest BCUT2D eigenvalue weighted by atomic mass is 10.1. The number of carbonyl (C=O) groups is 1. The van der Waals surface area contributed by atoms with E-state index >= 15 is 0 Å². The molecule has 1 aromatic carbocycles. The highest BCUT2D eigenvalue weighted by Crippen LogP contribution is 2.26. The van der Waals surface area contributed by atoms with E-state index in [0.717, 1.165) is 34.0 Å². The van der Waals surface area contributed by atoms with Crippen LogP contribution >= 0.6 is 11.3 Å². The molecule has 3 aromatic heterocycles. The number of nitrogens with zero attached hydrogens (tertiary/aromatic N) is 4. The lowest BCUT2D eigenvalue weighted by molar-refractivity contribution is 0.0939. The second kappa shape index (κ2) is 9.63. The highest BCUT2D eigenvalue weighted by molar-refractivity contribution is 7.13. The van der Waals surface area contributed by atoms with E-state index in [1.165, 1.54) is 0 Å². The number of amides is 1. The van der Waals surface area contributed by atoms with Gasteiger partial charge in [0.1, 0.15) is 5.69 Å². The first kappa shape index (κ1) is 22.2. The Kier molecular flexibility index (Phi) is 6.67. The highest BCUT2D eigenvalue weighted by atomic mass is 32.1. The van der Waals surface area contributed by atoms with E-state index in [4.69, 9.17) is 5.10 Å². The Hall–Kier alpha value is -3.03. The molecule has 0 unspecified atom stereocenters. The zero-order valence-corrected chi connectivity index (χ0v) is 19.8. The van der Waals surface area contributed by atoms with Gasteiger partial charge >= 0.3 is 0 Å². The maximum atomic E-state index is 12.8. The molecule has 0 atom stereocenters. The molecule has 7 heteroatoms. The first-order valence-corrected chi connectivity index (χ1v) is 11.8. The molecule has 166 valence electrons. The molecule has 0 aliphatic heterocycles. The minimum absolute atomic E-state index is 0.0691. The van der Waals surface area contributed by atoms with Gasteiger partial charge in [-0.05, 0) is 63.4 Å². The van der Waals surface area contributed by atoms with Crippen molar-refractivity contribution >= 4 is 22.9 Å². The molecule has 0 spiro atoms. The first-order valence-electron chi connectivity index (χ1n) is 11.0. The molecule has 4 rings (SSSR count). The van der Waals surface area contributed by atoms with E-state index < -0.39 is 0 Å². The first-order chi connectivity index (χ1) is 15.4. The number of imidazole rings is 1. The Balaban J connectivity index is 1.53. The van der Waals surface area contributed by atoms with Crippen molar-refractivity contribution in [2.24, 2.45) is 0 Å². The van der Waals surface area contributed by atoms with Gasteiger partial charge in [-0.3, -0.25) is 9.69 Å². The zero-order chi connectivity index (χ0) is 22.7. The number of benzene rings is 1. The van der Waals surface area contributed by atoms with Gasteiger partial charge in [-0.2, -0.15) is 5.10 Å². The van der Waals surface area contributed by atoms with Crippen molar-refractivity contribution in [1.82, 2.24) is 24.8 Å². The molecule has 0 bridgehead atoms. The van der Waals surface area contributed by atoms with Crippen LogP contribution in [-0.2, 0) is 0 Å². The van der Waals surface area contributed by atoms with Gasteiger partial charge < -0.3 is 5.32 Å². The van der Waals surface area contributed by atoms with Crippen LogP contribution in [0.1, 0.15) is 38.1 Å². The van der Waals surface area contributed by atoms with Crippen LogP contribution in [0.4, 0.5) is 0 Å². The number of nitrogens with one attached hydrogen (secondary N) is 1. The van der Waals surface area contributed by atoms with Crippen LogP contribution in [0.3, 0.4) is 0 Å². The van der Waals surface area contributed by atoms with Gasteiger partial charge in [-0.15, -0.1) is 11.3 Å². The van der Waals surface area contributed by atoms with Crippen molar-refractivity contribution in [2.45, 2.75) is 39.8 Å². The normalized spacial score (nSPS) is 11.7. The number of thiophene rings is 1. The van der Waals surface area contributed by atoms with E-state index in [0.29, 0.717) is 24.2 Å². The van der Waals surface area contributed by atoms with Crippen molar-refractivity contribution in [2.75, 3.05) is 13.1 Å². The van der Waals surface area contributed by atoms with Gasteiger partial charge in [0.2, 0.25) is 0 Å². The summed E-state index contributed by atoms with van der Waals surface area (Å²) in [6, 6.07) is 16.5. The van der Waals surface area contributed by atoms with Gasteiger partial charge in [0.15, 0.2) is 5.65 Å². The minimum Gasteiger partial charge on any atom is -0.351 e. The van der Waals surface area contributed by atoms with Gasteiger partial charge in [-0.25, -0.2) is 9.50 Å². The minimum atomic E-state index is -0.0691. The molecule has 0 aliphatic rings. The maximum Gasteiger partial charge on any atom is 0.251 e. The molecule has 0 radical (unpaired) electrons. The highest BCUT2D eigenvalue weighted by Gasteiger charge is 2.15. The molecule has 32 heavy (non-hydrogen) atoms. The SMILES string of the molecule is CC(C)N(CCNC(=O)c1cccc(-c2cnc3ccc(-c4cccs4)nn23)c1)C(C)C. The van der Waals surface area contributed by atoms with Gasteiger partial charge in [0.25, 0.3) is 5.91 Å². The largest absolute Gasteiger partial charge is 0.351 e. The van der Waals surface area contributed by atoms with Crippen molar-refractivity contribution in [3.63, 3.8) is 0 Å². The summed E-state index contributed by atoms with van der Waals surface area (Å²) in [5, 5.41) is 9.89. The maximum absolute atomic E-state index is 12.8. The summed E-state index contributed by atoms with van der Waals surface area (Å²) in [4.78, 5) is 20.8. The third kappa shape index (κ3) is 4.74. The van der Waals surface area contributed by atoms with E-state index in [-0.39, 0.29) is 5.91 Å². The molecule has 3 heterocycles. The molecule has 1 amide bonds. The predicted molar refractivity (Wildman–Crippen MR) is 131 cm³/mol. The van der Waals surface area contributed by atoms with Crippen molar-refractivity contribution in [1.29, 1.82) is 0 Å². The lowest BCUT2D eigenvalue weighted by Crippen LogP contribution is -2.42. The van der Waals surface area contributed by atoms with Crippen LogP contribution in [0.25, 0.3) is 27.5 Å². The van der Waals surface area contributed by atoms with Crippen LogP contribution in [0.2, 0.25) is 0 Å². The fraction of sp³-hybridized carbons (Fsp3) is 0.320. The summed E-state index contributed by atoms with van der Waals surface area (Å²) in [5.74, 6) is -0.0691. The Morgan fingerprint density at radius 3 is 2.62 bits per heavy atom. The topological polar surface area (TPSA) is 62.5 Å². The van der Waals surface area contributed by atoms with E-state index in [2.05, 4.69) is 49.0 Å². The van der Waals surface area contributed by atoms with Crippen LogP contribution in [0.15, 0.2) is 60.1 Å². The van der Waals surface area contributed by atoms with Gasteiger partial charge in [-0.1, -0.05) is 18.2 Å². The van der Waals surface area contributed by atoms with Crippen LogP contribution < -0.4 is 5.32 Å². The Morgan fingerprint density at radius 2 is 1.91 bits per heavy atom. The molecule has 4 aromatic rings. The molecule has 0 saturated heterocycles. The second-order valence-corrected chi connectivity index (χ2v) is 9.32. The average Bonchev–Trinajstić information content (AvgIpc) is 3.45. The zero-order valence-electron chi connectivity index (χ0n) is 18.9. The van der Waals surface area contributed by atoms with Gasteiger partial charge in [0.05, 0.1) is 16.8 Å². The van der Waals surface area contributed by atoms with Gasteiger partial charge in [0, 0.05) is 36.3 Å². The smallest absolute Gasteiger partial charge is 0.251 e. The number of rotatable bonds is 8. The summed E-state index contributed by atoms with van der Waals surface area (Å²) in [6.45, 7) is 10.2. The Labute approximate surface area is 192 Å². The van der Waals surface area contributed by atoms with E-state index in [1.54, 1.807) is 17.5 Å². The molecule has 0 saturated carbocycles. The fourth-order valence-electron chi connectivity index (χ4n) is 3.96. The standard InChI is InChI=1S/C25H29N5OS/c1-17(2)29(18(3)4)13-12-26-25(31)20-8-5-7-19(15-20)22-16-27-24-11-10-21(28-30(22)24)23-9-6-14-32-23/h5-11,14-18H,12-13H2,1-4H3,(H,26,31). The quantitative estimate of drug-likeness (QED) is 0.414. The number of hydrogen-bond acceptors (Lipinski definition) is 5. The number of hydrogen-bond donors (Lipinski definition) is 1. The van der Waals surface area contributed by atoms with Crippen LogP contribution in [0, 0.1) is 0 Å². The molecular formula is C25H29N5OS. The number of carbonyl (C=O) groups excluding carboxylic acids is 1. The summed E-state index contributed by atoms with van der Waals surface area (Å²) in [7, 11) is 0. The number of aromatic nitrogens is 3. The summed E-state index contributed by atoms with van der Waals surface area (Å²) < 4.78 is 1.84. The van der Waals surface area contributed by atoms with Crippen molar-refractivity contribution in [3.05, 3.63) is 65.7 Å². The Morgan fingerprint density at radius 1 is 1.09 bits per heavy atom. The van der Waals surface area contributed by atoms with Crippen molar-refractivity contribution < 1.29 is 4.79 Å². The molecule has 6 nitrogen and oxygen atoms in total. The van der Waals surface area contributed by atoms with E-state index in [1.807, 2.05) is 52.4 Å². The average molecular weight is 448 g/mol. The van der Waals surface area contributed by atoms with E-state index in [9.17, 15) is 4.79 Å². The molecule has 0 aliphatic carbocycles. The monoisotopic (exact) mass is 447 g/mol. The second-order valence-electron chi connectivity index (χ2n) is 8.37. The third-order valence-electron chi connectivity index (χ3n) is 5.54. The summed E-state index contributed by atoms with van der Waals surface area (Å²) in [5.41, 5.74) is 4.08. The van der Waals surface area contributed by atoms with Crippen molar-refractivity contribution in [3.8, 4) is 21.8 Å². The molecule has 0 fully saturated rings. The van der Waals surface area contributed by atoms with Crippen LogP contribution in [-0.4, -0.2) is 50.6 Å². The lowest BCUT2D eigenvalue weighted by Gasteiger charge is -2.30. The fourth-order valence-corrected chi connectivity index (χ4v) is 4.65. The molecular weight excluding hydrogens is 418 g/mol. The summed E-state index contributed by atoms with van der Waals surface area (Å²) >= 11 is 1.66. The van der Waals surface area contributed by atoms with Crippen LogP contribution in [0.5, 0.6) is 0 Å². The number of fused-ring (bicyclic) bond motifs is 1. The Bertz CT molecular complexity index is 1190. The molecule has 1 N–H and O–H groups in total. The summed E-state index contributed by atoms with van der Waals surface area (Å²) in [6.07, 6.45) is 1.81.